The fourth-order valence-electron chi connectivity index (χ4n) is 3.97. The number of carbonyl (C=O) groups excluding carboxylic acids is 1. The minimum atomic E-state index is 0.334. The first-order valence-corrected chi connectivity index (χ1v) is 11.5. The molecule has 9 nitrogen and oxygen atoms in total. The molecular formula is C25H31N7O2. The van der Waals surface area contributed by atoms with Crippen molar-refractivity contribution in [2.45, 2.75) is 19.8 Å². The molecule has 1 aromatic heterocycles. The number of carbonyl (C=O) groups is 1. The van der Waals surface area contributed by atoms with Gasteiger partial charge >= 0.3 is 0 Å². The van der Waals surface area contributed by atoms with Crippen molar-refractivity contribution in [2.75, 3.05) is 55.9 Å². The van der Waals surface area contributed by atoms with Gasteiger partial charge in [0.2, 0.25) is 12.4 Å². The third-order valence-corrected chi connectivity index (χ3v) is 5.97. The molecule has 0 unspecified atom stereocenters. The maximum Gasteiger partial charge on any atom is 0.229 e. The Morgan fingerprint density at radius 3 is 2.74 bits per heavy atom. The number of piperazine rings is 1. The van der Waals surface area contributed by atoms with Crippen LogP contribution in [0.15, 0.2) is 53.2 Å². The fraction of sp³-hybridized carbons (Fsp3) is 0.360. The zero-order chi connectivity index (χ0) is 23.9. The second-order valence-corrected chi connectivity index (χ2v) is 8.33. The van der Waals surface area contributed by atoms with E-state index in [0.29, 0.717) is 29.6 Å². The van der Waals surface area contributed by atoms with Gasteiger partial charge in [-0.2, -0.15) is 4.98 Å². The topological polar surface area (TPSA) is 95.0 Å². The minimum Gasteiger partial charge on any atom is -0.494 e. The Hall–Kier alpha value is -3.72. The summed E-state index contributed by atoms with van der Waals surface area (Å²) in [6, 6.07) is 6.04. The second kappa shape index (κ2) is 10.9. The number of aliphatic imine (C=N–C) groups is 1. The number of aromatic nitrogens is 2. The molecule has 34 heavy (non-hydrogen) atoms. The summed E-state index contributed by atoms with van der Waals surface area (Å²) in [7, 11) is 3.78. The lowest BCUT2D eigenvalue weighted by molar-refractivity contribution is -0.105. The van der Waals surface area contributed by atoms with Gasteiger partial charge < -0.3 is 25.2 Å². The van der Waals surface area contributed by atoms with Gasteiger partial charge in [0.15, 0.2) is 5.82 Å². The molecule has 1 amide bonds. The van der Waals surface area contributed by atoms with Crippen LogP contribution in [0, 0.1) is 0 Å². The number of rotatable bonds is 8. The van der Waals surface area contributed by atoms with Crippen molar-refractivity contribution in [3.8, 4) is 5.75 Å². The molecule has 0 saturated carbocycles. The van der Waals surface area contributed by atoms with Gasteiger partial charge in [0.05, 0.1) is 19.0 Å². The quantitative estimate of drug-likeness (QED) is 0.454. The Bertz CT molecular complexity index is 1120. The number of anilines is 4. The Balaban J connectivity index is 1.55. The Morgan fingerprint density at radius 1 is 1.21 bits per heavy atom. The van der Waals surface area contributed by atoms with Gasteiger partial charge in [0.25, 0.3) is 0 Å². The van der Waals surface area contributed by atoms with Crippen LogP contribution in [0.25, 0.3) is 0 Å². The summed E-state index contributed by atoms with van der Waals surface area (Å²) in [6.07, 6.45) is 10.6. The summed E-state index contributed by atoms with van der Waals surface area (Å²) in [5, 5.41) is 5.84. The highest BCUT2D eigenvalue weighted by Gasteiger charge is 2.17. The van der Waals surface area contributed by atoms with Crippen LogP contribution in [0.5, 0.6) is 5.75 Å². The zero-order valence-corrected chi connectivity index (χ0v) is 19.9. The second-order valence-electron chi connectivity index (χ2n) is 8.33. The third kappa shape index (κ3) is 5.60. The zero-order valence-electron chi connectivity index (χ0n) is 19.9. The summed E-state index contributed by atoms with van der Waals surface area (Å²) in [5.74, 6) is 1.36. The number of ether oxygens (including phenoxy) is 1. The lowest BCUT2D eigenvalue weighted by Gasteiger charge is -2.34. The number of nitrogens with zero attached hydrogens (tertiary/aromatic N) is 5. The van der Waals surface area contributed by atoms with E-state index in [1.54, 1.807) is 13.3 Å². The van der Waals surface area contributed by atoms with Crippen molar-refractivity contribution in [2.24, 2.45) is 4.99 Å². The molecule has 2 heterocycles. The van der Waals surface area contributed by atoms with Gasteiger partial charge in [-0.25, -0.2) is 9.98 Å². The molecule has 4 rings (SSSR count). The molecule has 1 aromatic carbocycles. The van der Waals surface area contributed by atoms with Crippen LogP contribution in [0.3, 0.4) is 0 Å². The predicted octanol–water partition coefficient (Wildman–Crippen LogP) is 3.92. The molecule has 2 N–H and O–H groups in total. The van der Waals surface area contributed by atoms with E-state index in [2.05, 4.69) is 66.7 Å². The van der Waals surface area contributed by atoms with Crippen molar-refractivity contribution < 1.29 is 9.53 Å². The fourth-order valence-corrected chi connectivity index (χ4v) is 3.97. The summed E-state index contributed by atoms with van der Waals surface area (Å²) in [4.78, 5) is 29.4. The number of hydrogen-bond acceptors (Lipinski definition) is 8. The number of likely N-dealkylation sites (N-methyl/N-ethyl adjacent to an activating group) is 1. The normalized spacial score (nSPS) is 16.7. The van der Waals surface area contributed by atoms with E-state index in [4.69, 9.17) is 4.74 Å². The van der Waals surface area contributed by atoms with Crippen molar-refractivity contribution in [1.82, 2.24) is 14.9 Å². The lowest BCUT2D eigenvalue weighted by Crippen LogP contribution is -2.44. The van der Waals surface area contributed by atoms with Crippen LogP contribution < -0.4 is 20.3 Å². The van der Waals surface area contributed by atoms with Crippen LogP contribution in [0.4, 0.5) is 28.8 Å². The van der Waals surface area contributed by atoms with Crippen LogP contribution in [-0.2, 0) is 4.79 Å². The first kappa shape index (κ1) is 23.4. The number of allylic oxidation sites excluding steroid dienone is 4. The van der Waals surface area contributed by atoms with Crippen molar-refractivity contribution in [3.63, 3.8) is 0 Å². The standard InChI is InChI=1S/C25H31N7O2/c1-18(19-7-5-4-6-8-19)28-22-16-26-25(30-24(22)27-17-33)29-21-10-9-20(15-23(21)34-3)32-13-11-31(2)12-14-32/h5,7-10,15-17H,4,6,11-14H2,1-3H3,(H2,26,27,29,30,33). The van der Waals surface area contributed by atoms with E-state index in [-0.39, 0.29) is 0 Å². The Labute approximate surface area is 200 Å². The average molecular weight is 462 g/mol. The molecule has 0 spiro atoms. The van der Waals surface area contributed by atoms with E-state index in [1.807, 2.05) is 19.1 Å². The van der Waals surface area contributed by atoms with Crippen molar-refractivity contribution in [3.05, 3.63) is 48.2 Å². The first-order valence-electron chi connectivity index (χ1n) is 11.5. The molecular weight excluding hydrogens is 430 g/mol. The van der Waals surface area contributed by atoms with E-state index in [0.717, 1.165) is 61.7 Å². The smallest absolute Gasteiger partial charge is 0.229 e. The average Bonchev–Trinajstić information content (AvgIpc) is 2.87. The van der Waals surface area contributed by atoms with E-state index in [1.165, 1.54) is 0 Å². The predicted molar refractivity (Wildman–Crippen MR) is 137 cm³/mol. The first-order chi connectivity index (χ1) is 16.6. The van der Waals surface area contributed by atoms with Gasteiger partial charge in [-0.05, 0) is 44.5 Å². The highest BCUT2D eigenvalue weighted by molar-refractivity contribution is 6.03. The number of amides is 1. The maximum atomic E-state index is 11.2. The number of hydrogen-bond donors (Lipinski definition) is 2. The van der Waals surface area contributed by atoms with Gasteiger partial charge in [-0.1, -0.05) is 18.2 Å². The van der Waals surface area contributed by atoms with Crippen LogP contribution in [-0.4, -0.2) is 67.3 Å². The van der Waals surface area contributed by atoms with E-state index in [9.17, 15) is 4.79 Å². The SMILES string of the molecule is COc1cc(N2CCN(C)CC2)ccc1Nc1ncc(N=C(C)C2=CCCC=C2)c(NC=O)n1. The molecule has 1 fully saturated rings. The highest BCUT2D eigenvalue weighted by atomic mass is 16.5. The van der Waals surface area contributed by atoms with Gasteiger partial charge in [0.1, 0.15) is 11.4 Å². The maximum absolute atomic E-state index is 11.2. The van der Waals surface area contributed by atoms with Crippen molar-refractivity contribution >= 4 is 41.0 Å². The van der Waals surface area contributed by atoms with Gasteiger partial charge in [0, 0.05) is 43.6 Å². The van der Waals surface area contributed by atoms with Crippen molar-refractivity contribution in [1.29, 1.82) is 0 Å². The molecule has 0 atom stereocenters. The van der Waals surface area contributed by atoms with Gasteiger partial charge in [-0.15, -0.1) is 0 Å². The number of benzene rings is 1. The van der Waals surface area contributed by atoms with E-state index >= 15 is 0 Å². The van der Waals surface area contributed by atoms with Crippen LogP contribution in [0.2, 0.25) is 0 Å². The molecule has 0 radical (unpaired) electrons. The van der Waals surface area contributed by atoms with Crippen LogP contribution in [0.1, 0.15) is 19.8 Å². The van der Waals surface area contributed by atoms with Gasteiger partial charge in [-0.3, -0.25) is 4.79 Å². The Morgan fingerprint density at radius 2 is 2.03 bits per heavy atom. The Kier molecular flexibility index (Phi) is 7.54. The third-order valence-electron chi connectivity index (χ3n) is 5.97. The summed E-state index contributed by atoms with van der Waals surface area (Å²) in [5.41, 5.74) is 4.26. The van der Waals surface area contributed by atoms with Crippen LogP contribution >= 0.6 is 0 Å². The molecule has 0 bridgehead atoms. The summed E-state index contributed by atoms with van der Waals surface area (Å²) in [6.45, 7) is 5.95. The molecule has 2 aromatic rings. The molecule has 1 aliphatic carbocycles. The molecule has 1 saturated heterocycles. The number of nitrogens with one attached hydrogen (secondary N) is 2. The molecule has 1 aliphatic heterocycles. The largest absolute Gasteiger partial charge is 0.494 e. The summed E-state index contributed by atoms with van der Waals surface area (Å²) < 4.78 is 5.63. The molecule has 9 heteroatoms. The van der Waals surface area contributed by atoms with E-state index < -0.39 is 0 Å². The highest BCUT2D eigenvalue weighted by Crippen LogP contribution is 2.33. The molecule has 2 aliphatic rings. The molecule has 178 valence electrons. The minimum absolute atomic E-state index is 0.334. The summed E-state index contributed by atoms with van der Waals surface area (Å²) >= 11 is 0. The monoisotopic (exact) mass is 461 g/mol. The number of methoxy groups -OCH3 is 1. The lowest BCUT2D eigenvalue weighted by atomic mass is 10.0.